The Kier molecular flexibility index (Phi) is 7.29. The molecule has 3 aromatic rings. The zero-order valence-electron chi connectivity index (χ0n) is 18.7. The van der Waals surface area contributed by atoms with Crippen LogP contribution in [0.3, 0.4) is 0 Å². The fourth-order valence-electron chi connectivity index (χ4n) is 4.01. The first kappa shape index (κ1) is 22.5. The minimum absolute atomic E-state index is 0.0102. The second kappa shape index (κ2) is 10.7. The van der Waals surface area contributed by atoms with E-state index in [1.807, 2.05) is 48.4 Å². The summed E-state index contributed by atoms with van der Waals surface area (Å²) in [5.41, 5.74) is 2.19. The molecule has 0 bridgehead atoms. The number of piperidine rings is 1. The Morgan fingerprint density at radius 3 is 2.45 bits per heavy atom. The van der Waals surface area contributed by atoms with Gasteiger partial charge in [0.15, 0.2) is 0 Å². The number of carbonyl (C=O) groups excluding carboxylic acids is 2. The van der Waals surface area contributed by atoms with Crippen LogP contribution in [0.1, 0.15) is 46.0 Å². The SMILES string of the molecule is C[C@@H](Cc1cccnc1)NC(=O)c1ccccc1OC1CCN(C(=O)c2cccnc2)CC1. The topological polar surface area (TPSA) is 84.4 Å². The van der Waals surface area contributed by atoms with Crippen molar-refractivity contribution >= 4 is 11.8 Å². The lowest BCUT2D eigenvalue weighted by Crippen LogP contribution is -2.42. The zero-order valence-corrected chi connectivity index (χ0v) is 18.7. The van der Waals surface area contributed by atoms with E-state index in [1.165, 1.54) is 0 Å². The molecule has 33 heavy (non-hydrogen) atoms. The van der Waals surface area contributed by atoms with Gasteiger partial charge in [0.25, 0.3) is 11.8 Å². The van der Waals surface area contributed by atoms with Gasteiger partial charge in [-0.2, -0.15) is 0 Å². The predicted octanol–water partition coefficient (Wildman–Crippen LogP) is 3.52. The van der Waals surface area contributed by atoms with Crippen molar-refractivity contribution in [3.63, 3.8) is 0 Å². The molecule has 1 fully saturated rings. The second-order valence-electron chi connectivity index (χ2n) is 8.29. The zero-order chi connectivity index (χ0) is 23.0. The van der Waals surface area contributed by atoms with Crippen molar-refractivity contribution in [1.82, 2.24) is 20.2 Å². The van der Waals surface area contributed by atoms with E-state index in [0.717, 1.165) is 5.56 Å². The van der Waals surface area contributed by atoms with Gasteiger partial charge in [0, 0.05) is 56.8 Å². The molecular weight excluding hydrogens is 416 g/mol. The minimum atomic E-state index is -0.161. The van der Waals surface area contributed by atoms with E-state index >= 15 is 0 Å². The van der Waals surface area contributed by atoms with Crippen LogP contribution in [-0.4, -0.2) is 51.9 Å². The van der Waals surface area contributed by atoms with Crippen molar-refractivity contribution in [1.29, 1.82) is 0 Å². The van der Waals surface area contributed by atoms with Crippen LogP contribution in [0.25, 0.3) is 0 Å². The number of benzene rings is 1. The monoisotopic (exact) mass is 444 g/mol. The number of rotatable bonds is 7. The Morgan fingerprint density at radius 2 is 1.76 bits per heavy atom. The summed E-state index contributed by atoms with van der Waals surface area (Å²) in [6.07, 6.45) is 8.86. The molecule has 170 valence electrons. The van der Waals surface area contributed by atoms with Crippen molar-refractivity contribution in [3.8, 4) is 5.75 Å². The number of likely N-dealkylation sites (tertiary alicyclic amines) is 1. The van der Waals surface area contributed by atoms with Gasteiger partial charge >= 0.3 is 0 Å². The number of aromatic nitrogens is 2. The number of nitrogens with one attached hydrogen (secondary N) is 1. The first-order valence-electron chi connectivity index (χ1n) is 11.2. The van der Waals surface area contributed by atoms with Crippen LogP contribution in [0.15, 0.2) is 73.3 Å². The number of hydrogen-bond acceptors (Lipinski definition) is 5. The second-order valence-corrected chi connectivity index (χ2v) is 8.29. The molecule has 7 nitrogen and oxygen atoms in total. The highest BCUT2D eigenvalue weighted by molar-refractivity contribution is 5.97. The number of ether oxygens (including phenoxy) is 1. The van der Waals surface area contributed by atoms with Gasteiger partial charge in [-0.1, -0.05) is 18.2 Å². The van der Waals surface area contributed by atoms with Crippen molar-refractivity contribution in [2.75, 3.05) is 13.1 Å². The quantitative estimate of drug-likeness (QED) is 0.603. The van der Waals surface area contributed by atoms with Gasteiger partial charge < -0.3 is 15.0 Å². The molecule has 2 aromatic heterocycles. The summed E-state index contributed by atoms with van der Waals surface area (Å²) in [6, 6.07) is 14.7. The van der Waals surface area contributed by atoms with Crippen LogP contribution < -0.4 is 10.1 Å². The normalized spacial score (nSPS) is 15.0. The largest absolute Gasteiger partial charge is 0.489 e. The summed E-state index contributed by atoms with van der Waals surface area (Å²) in [5, 5.41) is 3.06. The highest BCUT2D eigenvalue weighted by Crippen LogP contribution is 2.24. The summed E-state index contributed by atoms with van der Waals surface area (Å²) < 4.78 is 6.22. The molecule has 0 aliphatic carbocycles. The molecule has 2 amide bonds. The van der Waals surface area contributed by atoms with Crippen LogP contribution in [0, 0.1) is 0 Å². The molecule has 1 aliphatic rings. The fraction of sp³-hybridized carbons (Fsp3) is 0.308. The molecule has 0 radical (unpaired) electrons. The van der Waals surface area contributed by atoms with Gasteiger partial charge in [-0.3, -0.25) is 19.6 Å². The van der Waals surface area contributed by atoms with Gasteiger partial charge in [0.1, 0.15) is 11.9 Å². The molecule has 7 heteroatoms. The molecular formula is C26H28N4O3. The predicted molar refractivity (Wildman–Crippen MR) is 125 cm³/mol. The maximum Gasteiger partial charge on any atom is 0.255 e. The van der Waals surface area contributed by atoms with E-state index in [0.29, 0.717) is 49.2 Å². The van der Waals surface area contributed by atoms with E-state index in [4.69, 9.17) is 4.74 Å². The lowest BCUT2D eigenvalue weighted by atomic mass is 10.1. The summed E-state index contributed by atoms with van der Waals surface area (Å²) in [7, 11) is 0. The molecule has 1 aromatic carbocycles. The number of nitrogens with zero attached hydrogens (tertiary/aromatic N) is 3. The van der Waals surface area contributed by atoms with Crippen LogP contribution in [0.4, 0.5) is 0 Å². The van der Waals surface area contributed by atoms with Crippen molar-refractivity contribution in [2.24, 2.45) is 0 Å². The molecule has 0 spiro atoms. The molecule has 1 saturated heterocycles. The van der Waals surface area contributed by atoms with Crippen molar-refractivity contribution < 1.29 is 14.3 Å². The van der Waals surface area contributed by atoms with E-state index in [2.05, 4.69) is 15.3 Å². The average Bonchev–Trinajstić information content (AvgIpc) is 2.85. The number of para-hydroxylation sites is 1. The van der Waals surface area contributed by atoms with Crippen molar-refractivity contribution in [3.05, 3.63) is 90.0 Å². The number of hydrogen-bond donors (Lipinski definition) is 1. The van der Waals surface area contributed by atoms with Gasteiger partial charge in [-0.25, -0.2) is 0 Å². The maximum absolute atomic E-state index is 12.9. The molecule has 4 rings (SSSR count). The third-order valence-corrected chi connectivity index (χ3v) is 5.71. The summed E-state index contributed by atoms with van der Waals surface area (Å²) in [4.78, 5) is 35.6. The van der Waals surface area contributed by atoms with Gasteiger partial charge in [0.05, 0.1) is 11.1 Å². The van der Waals surface area contributed by atoms with Gasteiger partial charge in [-0.05, 0) is 49.2 Å². The lowest BCUT2D eigenvalue weighted by molar-refractivity contribution is 0.0593. The van der Waals surface area contributed by atoms with E-state index in [1.54, 1.807) is 36.8 Å². The lowest BCUT2D eigenvalue weighted by Gasteiger charge is -2.32. The standard InChI is InChI=1S/C26H28N4O3/c1-19(16-20-6-4-12-27-17-20)29-25(31)23-8-2-3-9-24(23)33-22-10-14-30(15-11-22)26(32)21-7-5-13-28-18-21/h2-9,12-13,17-19,22H,10-11,14-16H2,1H3,(H,29,31)/t19-/m0/s1. The van der Waals surface area contributed by atoms with E-state index in [9.17, 15) is 9.59 Å². The molecule has 1 N–H and O–H groups in total. The van der Waals surface area contributed by atoms with Crippen LogP contribution in [0.2, 0.25) is 0 Å². The number of pyridine rings is 2. The van der Waals surface area contributed by atoms with Crippen molar-refractivity contribution in [2.45, 2.75) is 38.3 Å². The molecule has 0 saturated carbocycles. The Morgan fingerprint density at radius 1 is 1.03 bits per heavy atom. The third kappa shape index (κ3) is 5.94. The Labute approximate surface area is 193 Å². The van der Waals surface area contributed by atoms with E-state index < -0.39 is 0 Å². The highest BCUT2D eigenvalue weighted by atomic mass is 16.5. The third-order valence-electron chi connectivity index (χ3n) is 5.71. The van der Waals surface area contributed by atoms with Crippen LogP contribution in [-0.2, 0) is 6.42 Å². The first-order chi connectivity index (χ1) is 16.1. The summed E-state index contributed by atoms with van der Waals surface area (Å²) >= 11 is 0. The molecule has 1 aliphatic heterocycles. The average molecular weight is 445 g/mol. The van der Waals surface area contributed by atoms with Crippen LogP contribution in [0.5, 0.6) is 5.75 Å². The Balaban J connectivity index is 1.33. The highest BCUT2D eigenvalue weighted by Gasteiger charge is 2.26. The molecule has 1 atom stereocenters. The number of amides is 2. The Hall–Kier alpha value is -3.74. The molecule has 0 unspecified atom stereocenters. The summed E-state index contributed by atoms with van der Waals surface area (Å²) in [6.45, 7) is 3.19. The fourth-order valence-corrected chi connectivity index (χ4v) is 4.01. The van der Waals surface area contributed by atoms with Gasteiger partial charge in [-0.15, -0.1) is 0 Å². The first-order valence-corrected chi connectivity index (χ1v) is 11.2. The van der Waals surface area contributed by atoms with E-state index in [-0.39, 0.29) is 24.0 Å². The van der Waals surface area contributed by atoms with Gasteiger partial charge in [0.2, 0.25) is 0 Å². The summed E-state index contributed by atoms with van der Waals surface area (Å²) in [5.74, 6) is 0.399. The smallest absolute Gasteiger partial charge is 0.255 e. The maximum atomic E-state index is 12.9. The number of carbonyl (C=O) groups is 2. The Bertz CT molecular complexity index is 1070. The van der Waals surface area contributed by atoms with Crippen LogP contribution >= 0.6 is 0 Å². The minimum Gasteiger partial charge on any atom is -0.489 e. The molecule has 3 heterocycles.